The molecule has 0 spiro atoms. The highest BCUT2D eigenvalue weighted by molar-refractivity contribution is 5.39. The molecule has 2 heterocycles. The summed E-state index contributed by atoms with van der Waals surface area (Å²) in [5.74, 6) is -0.331. The Morgan fingerprint density at radius 1 is 1.46 bits per heavy atom. The molecule has 2 aromatic rings. The molecule has 2 N–H and O–H groups in total. The molecule has 0 saturated heterocycles. The first-order chi connectivity index (χ1) is 6.27. The van der Waals surface area contributed by atoms with Gasteiger partial charge in [0.05, 0.1) is 11.9 Å². The lowest BCUT2D eigenvalue weighted by Crippen LogP contribution is -2.02. The van der Waals surface area contributed by atoms with Crippen LogP contribution in [0.1, 0.15) is 0 Å². The standard InChI is InChI=1S/C8H7FN4/c9-7-4-6(10)5-11-8(7)13-3-1-2-12-13/h1-5H,10H2. The highest BCUT2D eigenvalue weighted by Crippen LogP contribution is 2.11. The Morgan fingerprint density at radius 3 is 2.92 bits per heavy atom. The summed E-state index contributed by atoms with van der Waals surface area (Å²) in [4.78, 5) is 3.82. The molecule has 2 aromatic heterocycles. The first-order valence-corrected chi connectivity index (χ1v) is 3.68. The third-order valence-corrected chi connectivity index (χ3v) is 1.56. The number of hydrogen-bond donors (Lipinski definition) is 1. The van der Waals surface area contributed by atoms with Crippen LogP contribution in [0.2, 0.25) is 0 Å². The number of hydrogen-bond acceptors (Lipinski definition) is 3. The second-order valence-electron chi connectivity index (χ2n) is 2.52. The smallest absolute Gasteiger partial charge is 0.189 e. The Labute approximate surface area is 73.8 Å². The molecule has 0 bridgehead atoms. The highest BCUT2D eigenvalue weighted by Gasteiger charge is 2.05. The average molecular weight is 178 g/mol. The molecule has 0 atom stereocenters. The summed E-state index contributed by atoms with van der Waals surface area (Å²) < 4.78 is 14.6. The van der Waals surface area contributed by atoms with Crippen molar-refractivity contribution < 1.29 is 4.39 Å². The van der Waals surface area contributed by atoms with E-state index in [0.717, 1.165) is 0 Å². The minimum atomic E-state index is -0.483. The first-order valence-electron chi connectivity index (χ1n) is 3.68. The largest absolute Gasteiger partial charge is 0.397 e. The van der Waals surface area contributed by atoms with E-state index in [2.05, 4.69) is 10.1 Å². The van der Waals surface area contributed by atoms with Crippen molar-refractivity contribution in [3.63, 3.8) is 0 Å². The van der Waals surface area contributed by atoms with Gasteiger partial charge in [0.25, 0.3) is 0 Å². The lowest BCUT2D eigenvalue weighted by atomic mass is 10.4. The summed E-state index contributed by atoms with van der Waals surface area (Å²) in [5.41, 5.74) is 5.65. The second-order valence-corrected chi connectivity index (χ2v) is 2.52. The predicted molar refractivity (Wildman–Crippen MR) is 45.7 cm³/mol. The van der Waals surface area contributed by atoms with Crippen molar-refractivity contribution in [2.45, 2.75) is 0 Å². The molecule has 0 radical (unpaired) electrons. The predicted octanol–water partition coefficient (Wildman–Crippen LogP) is 0.989. The van der Waals surface area contributed by atoms with Crippen molar-refractivity contribution in [3.05, 3.63) is 36.5 Å². The molecule has 2 rings (SSSR count). The van der Waals surface area contributed by atoms with E-state index >= 15 is 0 Å². The normalized spacial score (nSPS) is 10.2. The van der Waals surface area contributed by atoms with Crippen molar-refractivity contribution in [1.82, 2.24) is 14.8 Å². The Kier molecular flexibility index (Phi) is 1.70. The molecule has 5 heteroatoms. The van der Waals surface area contributed by atoms with Crippen molar-refractivity contribution in [2.75, 3.05) is 5.73 Å². The molecule has 0 saturated carbocycles. The molecule has 0 fully saturated rings. The SMILES string of the molecule is Nc1cnc(-n2cccn2)c(F)c1. The van der Waals surface area contributed by atoms with Crippen molar-refractivity contribution >= 4 is 5.69 Å². The Hall–Kier alpha value is -1.91. The molecular formula is C8H7FN4. The zero-order valence-corrected chi connectivity index (χ0v) is 6.68. The van der Waals surface area contributed by atoms with Gasteiger partial charge in [-0.05, 0) is 6.07 Å². The van der Waals surface area contributed by atoms with Gasteiger partial charge in [0, 0.05) is 18.5 Å². The maximum atomic E-state index is 13.2. The van der Waals surface area contributed by atoms with Crippen LogP contribution >= 0.6 is 0 Å². The number of pyridine rings is 1. The first kappa shape index (κ1) is 7.72. The number of anilines is 1. The van der Waals surface area contributed by atoms with Gasteiger partial charge in [0.2, 0.25) is 0 Å². The monoisotopic (exact) mass is 178 g/mol. The van der Waals surface area contributed by atoms with Gasteiger partial charge in [0.1, 0.15) is 0 Å². The van der Waals surface area contributed by atoms with Gasteiger partial charge in [-0.1, -0.05) is 0 Å². The van der Waals surface area contributed by atoms with Crippen LogP contribution in [-0.2, 0) is 0 Å². The molecule has 13 heavy (non-hydrogen) atoms. The molecular weight excluding hydrogens is 171 g/mol. The van der Waals surface area contributed by atoms with Crippen LogP contribution in [0.3, 0.4) is 0 Å². The van der Waals surface area contributed by atoms with Gasteiger partial charge in [-0.15, -0.1) is 0 Å². The molecule has 0 aromatic carbocycles. The van der Waals surface area contributed by atoms with E-state index in [1.807, 2.05) is 0 Å². The van der Waals surface area contributed by atoms with Crippen molar-refractivity contribution in [2.24, 2.45) is 0 Å². The summed E-state index contributed by atoms with van der Waals surface area (Å²) in [6.07, 6.45) is 4.55. The van der Waals surface area contributed by atoms with Crippen LogP contribution in [0.15, 0.2) is 30.7 Å². The number of halogens is 1. The second kappa shape index (κ2) is 2.85. The van der Waals surface area contributed by atoms with Crippen LogP contribution in [0.5, 0.6) is 0 Å². The molecule has 0 unspecified atom stereocenters. The lowest BCUT2D eigenvalue weighted by Gasteiger charge is -2.01. The molecule has 0 aliphatic rings. The minimum absolute atomic E-state index is 0.152. The Morgan fingerprint density at radius 2 is 2.31 bits per heavy atom. The molecule has 0 amide bonds. The third kappa shape index (κ3) is 1.35. The highest BCUT2D eigenvalue weighted by atomic mass is 19.1. The average Bonchev–Trinajstić information content (AvgIpc) is 2.56. The van der Waals surface area contributed by atoms with E-state index < -0.39 is 5.82 Å². The number of nitrogens with two attached hydrogens (primary N) is 1. The fourth-order valence-electron chi connectivity index (χ4n) is 1.01. The number of aromatic nitrogens is 3. The van der Waals surface area contributed by atoms with E-state index in [4.69, 9.17) is 5.73 Å². The van der Waals surface area contributed by atoms with Gasteiger partial charge in [-0.3, -0.25) is 0 Å². The van der Waals surface area contributed by atoms with Crippen LogP contribution in [0.4, 0.5) is 10.1 Å². The van der Waals surface area contributed by atoms with Gasteiger partial charge >= 0.3 is 0 Å². The summed E-state index contributed by atoms with van der Waals surface area (Å²) in [6, 6.07) is 2.90. The maximum Gasteiger partial charge on any atom is 0.189 e. The van der Waals surface area contributed by atoms with Gasteiger partial charge in [-0.2, -0.15) is 5.10 Å². The maximum absolute atomic E-state index is 13.2. The van der Waals surface area contributed by atoms with E-state index in [-0.39, 0.29) is 5.82 Å². The fourth-order valence-corrected chi connectivity index (χ4v) is 1.01. The fraction of sp³-hybridized carbons (Fsp3) is 0. The van der Waals surface area contributed by atoms with Crippen LogP contribution < -0.4 is 5.73 Å². The van der Waals surface area contributed by atoms with Crippen molar-refractivity contribution in [1.29, 1.82) is 0 Å². The molecule has 0 aliphatic heterocycles. The van der Waals surface area contributed by atoms with Crippen molar-refractivity contribution in [3.8, 4) is 5.82 Å². The summed E-state index contributed by atoms with van der Waals surface area (Å²) >= 11 is 0. The third-order valence-electron chi connectivity index (χ3n) is 1.56. The summed E-state index contributed by atoms with van der Waals surface area (Å²) in [5, 5.41) is 3.85. The van der Waals surface area contributed by atoms with E-state index in [0.29, 0.717) is 5.69 Å². The van der Waals surface area contributed by atoms with Crippen LogP contribution in [0, 0.1) is 5.82 Å². The minimum Gasteiger partial charge on any atom is -0.397 e. The Balaban J connectivity index is 2.53. The van der Waals surface area contributed by atoms with E-state index in [1.54, 1.807) is 18.5 Å². The number of nitrogens with zero attached hydrogens (tertiary/aromatic N) is 3. The van der Waals surface area contributed by atoms with Crippen LogP contribution in [0.25, 0.3) is 5.82 Å². The summed E-state index contributed by atoms with van der Waals surface area (Å²) in [7, 11) is 0. The zero-order valence-electron chi connectivity index (χ0n) is 6.68. The Bertz CT molecular complexity index is 410. The molecule has 66 valence electrons. The van der Waals surface area contributed by atoms with Crippen LogP contribution in [-0.4, -0.2) is 14.8 Å². The number of rotatable bonds is 1. The lowest BCUT2D eigenvalue weighted by molar-refractivity contribution is 0.601. The van der Waals surface area contributed by atoms with Gasteiger partial charge < -0.3 is 5.73 Å². The van der Waals surface area contributed by atoms with E-state index in [1.165, 1.54) is 16.9 Å². The molecule has 0 aliphatic carbocycles. The number of nitrogen functional groups attached to an aromatic ring is 1. The topological polar surface area (TPSA) is 56.7 Å². The van der Waals surface area contributed by atoms with Gasteiger partial charge in [-0.25, -0.2) is 14.1 Å². The zero-order chi connectivity index (χ0) is 9.26. The quantitative estimate of drug-likeness (QED) is 0.708. The van der Waals surface area contributed by atoms with E-state index in [9.17, 15) is 4.39 Å². The summed E-state index contributed by atoms with van der Waals surface area (Å²) in [6.45, 7) is 0. The van der Waals surface area contributed by atoms with Gasteiger partial charge in [0.15, 0.2) is 11.6 Å². The molecule has 4 nitrogen and oxygen atoms in total.